The summed E-state index contributed by atoms with van der Waals surface area (Å²) in [6.45, 7) is 0.275. The number of hydrogen-bond donors (Lipinski definition) is 1. The van der Waals surface area contributed by atoms with E-state index in [2.05, 4.69) is 46.7 Å². The van der Waals surface area contributed by atoms with E-state index in [4.69, 9.17) is 22.3 Å². The maximum Gasteiger partial charge on any atom is 0.220 e. The fourth-order valence-corrected chi connectivity index (χ4v) is 1.79. The Morgan fingerprint density at radius 3 is 2.12 bits per heavy atom. The first-order chi connectivity index (χ1) is 15.2. The number of aromatic amines is 1. The Hall–Kier alpha value is -4.84. The van der Waals surface area contributed by atoms with Crippen LogP contribution in [0.4, 0.5) is 4.39 Å². The summed E-state index contributed by atoms with van der Waals surface area (Å²) in [6, 6.07) is 2.76. The quantitative estimate of drug-likeness (QED) is 0.302. The molecule has 10 nitrogen and oxygen atoms in total. The van der Waals surface area contributed by atoms with E-state index in [9.17, 15) is 4.39 Å². The molecule has 0 amide bonds. The van der Waals surface area contributed by atoms with E-state index in [-0.39, 0.29) is 23.8 Å². The summed E-state index contributed by atoms with van der Waals surface area (Å²) < 4.78 is 24.0. The molecule has 4 rings (SSSR count). The zero-order valence-electron chi connectivity index (χ0n) is 16.5. The highest BCUT2D eigenvalue weighted by Gasteiger charge is 2.00. The summed E-state index contributed by atoms with van der Waals surface area (Å²) in [6.07, 6.45) is 22.7. The molecule has 0 aliphatic rings. The summed E-state index contributed by atoms with van der Waals surface area (Å²) >= 11 is 0. The molecular weight excluding hydrogens is 422 g/mol. The summed E-state index contributed by atoms with van der Waals surface area (Å²) in [5.74, 6) is 5.26. The Bertz CT molecular complexity index is 1080. The first-order valence-electron chi connectivity index (χ1n) is 8.56. The molecule has 0 spiro atoms. The van der Waals surface area contributed by atoms with Crippen LogP contribution in [0.2, 0.25) is 0 Å². The average molecular weight is 439 g/mol. The highest BCUT2D eigenvalue weighted by atomic mass is 19.1. The standard InChI is InChI=1S/C10H8N4O.C7H5FN2O.C3H4N2.FH/c1-2-5-15-10-6-9(12-7-13-10)14-4-3-11-8-14;1-2-3-11-7-4-6(8)9-5-10-7;1-2-5-3-4-1;/h1,3-4,6-8H,5H2;1,4-5H,3H2;1-3H,(H,4,5);1H/p-1. The Labute approximate surface area is 182 Å². The van der Waals surface area contributed by atoms with Crippen molar-refractivity contribution in [2.75, 3.05) is 13.2 Å². The minimum atomic E-state index is -0.632. The van der Waals surface area contributed by atoms with E-state index in [1.165, 1.54) is 6.33 Å². The average Bonchev–Trinajstić information content (AvgIpc) is 3.54. The van der Waals surface area contributed by atoms with Gasteiger partial charge in [-0.2, -0.15) is 4.39 Å². The first kappa shape index (κ1) is 25.2. The Kier molecular flexibility index (Phi) is 11.9. The van der Waals surface area contributed by atoms with Gasteiger partial charge >= 0.3 is 0 Å². The lowest BCUT2D eigenvalue weighted by Gasteiger charge is -2.03. The van der Waals surface area contributed by atoms with Crippen molar-refractivity contribution < 1.29 is 18.6 Å². The topological polar surface area (TPSA) is 117 Å². The predicted molar refractivity (Wildman–Crippen MR) is 108 cm³/mol. The molecule has 0 aliphatic heterocycles. The van der Waals surface area contributed by atoms with Gasteiger partial charge in [0, 0.05) is 30.9 Å². The largest absolute Gasteiger partial charge is 1.00 e. The Morgan fingerprint density at radius 1 is 0.938 bits per heavy atom. The van der Waals surface area contributed by atoms with Gasteiger partial charge in [0.1, 0.15) is 24.8 Å². The van der Waals surface area contributed by atoms with Crippen molar-refractivity contribution in [1.82, 2.24) is 39.5 Å². The lowest BCUT2D eigenvalue weighted by atomic mass is 10.5. The number of nitrogens with one attached hydrogen (secondary N) is 1. The molecule has 32 heavy (non-hydrogen) atoms. The van der Waals surface area contributed by atoms with Gasteiger partial charge in [-0.05, 0) is 0 Å². The second kappa shape index (κ2) is 15.1. The van der Waals surface area contributed by atoms with Gasteiger partial charge in [-0.15, -0.1) is 12.8 Å². The van der Waals surface area contributed by atoms with Crippen LogP contribution in [-0.2, 0) is 0 Å². The van der Waals surface area contributed by atoms with Gasteiger partial charge < -0.3 is 19.2 Å². The van der Waals surface area contributed by atoms with E-state index in [1.807, 2.05) is 0 Å². The van der Waals surface area contributed by atoms with E-state index < -0.39 is 5.95 Å². The highest BCUT2D eigenvalue weighted by Crippen LogP contribution is 2.10. The van der Waals surface area contributed by atoms with Crippen molar-refractivity contribution >= 4 is 0 Å². The number of imidazole rings is 2. The van der Waals surface area contributed by atoms with Crippen LogP contribution in [0, 0.1) is 30.6 Å². The smallest absolute Gasteiger partial charge is 0.220 e. The molecular formula is C20H17F2N8O2-. The molecule has 0 aliphatic carbocycles. The number of rotatable bonds is 5. The number of hydrogen-bond acceptors (Lipinski definition) is 8. The maximum absolute atomic E-state index is 12.3. The summed E-state index contributed by atoms with van der Waals surface area (Å²) in [4.78, 5) is 25.2. The van der Waals surface area contributed by atoms with E-state index >= 15 is 0 Å². The molecule has 0 atom stereocenters. The number of terminal acetylenes is 2. The van der Waals surface area contributed by atoms with Crippen LogP contribution < -0.4 is 14.2 Å². The number of nitrogens with zero attached hydrogens (tertiary/aromatic N) is 7. The monoisotopic (exact) mass is 439 g/mol. The van der Waals surface area contributed by atoms with Crippen molar-refractivity contribution in [3.8, 4) is 42.3 Å². The lowest BCUT2D eigenvalue weighted by Crippen LogP contribution is -3.00. The van der Waals surface area contributed by atoms with Crippen molar-refractivity contribution in [2.45, 2.75) is 0 Å². The lowest BCUT2D eigenvalue weighted by molar-refractivity contribution is -0.00000859. The highest BCUT2D eigenvalue weighted by molar-refractivity contribution is 5.26. The first-order valence-corrected chi connectivity index (χ1v) is 8.56. The van der Waals surface area contributed by atoms with Crippen molar-refractivity contribution in [2.24, 2.45) is 0 Å². The fraction of sp³-hybridized carbons (Fsp3) is 0.100. The third-order valence-corrected chi connectivity index (χ3v) is 3.02. The van der Waals surface area contributed by atoms with E-state index in [0.717, 1.165) is 12.4 Å². The van der Waals surface area contributed by atoms with Crippen LogP contribution in [0.1, 0.15) is 0 Å². The van der Waals surface area contributed by atoms with E-state index in [0.29, 0.717) is 11.7 Å². The SMILES string of the molecule is C#CCOc1cc(-n2ccnc2)ncn1.C#CCOc1cc(F)ncn1.[F-].c1c[nH]cn1. The van der Waals surface area contributed by atoms with Gasteiger partial charge in [0.05, 0.1) is 12.4 Å². The minimum absolute atomic E-state index is 0. The summed E-state index contributed by atoms with van der Waals surface area (Å²) in [7, 11) is 0. The number of aromatic nitrogens is 8. The molecule has 4 aromatic heterocycles. The normalized spacial score (nSPS) is 8.72. The molecule has 0 bridgehead atoms. The Balaban J connectivity index is 0.000000264. The number of ether oxygens (including phenoxy) is 2. The molecule has 0 radical (unpaired) electrons. The second-order valence-electron chi connectivity index (χ2n) is 5.11. The molecule has 1 N–H and O–H groups in total. The third-order valence-electron chi connectivity index (χ3n) is 3.02. The predicted octanol–water partition coefficient (Wildman–Crippen LogP) is -1.28. The molecule has 0 saturated carbocycles. The number of halogens is 2. The van der Waals surface area contributed by atoms with Gasteiger partial charge in [-0.3, -0.25) is 4.57 Å². The van der Waals surface area contributed by atoms with Gasteiger partial charge in [-0.25, -0.2) is 29.9 Å². The van der Waals surface area contributed by atoms with Crippen LogP contribution in [0.3, 0.4) is 0 Å². The van der Waals surface area contributed by atoms with Crippen LogP contribution >= 0.6 is 0 Å². The zero-order valence-corrected chi connectivity index (χ0v) is 16.5. The number of H-pyrrole nitrogens is 1. The molecule has 0 unspecified atom stereocenters. The zero-order chi connectivity index (χ0) is 22.2. The maximum atomic E-state index is 12.3. The molecule has 164 valence electrons. The minimum Gasteiger partial charge on any atom is -1.00 e. The molecule has 0 saturated heterocycles. The van der Waals surface area contributed by atoms with E-state index in [1.54, 1.807) is 48.1 Å². The van der Waals surface area contributed by atoms with Crippen LogP contribution in [0.25, 0.3) is 5.82 Å². The van der Waals surface area contributed by atoms with Gasteiger partial charge in [0.2, 0.25) is 17.7 Å². The van der Waals surface area contributed by atoms with Crippen LogP contribution in [0.5, 0.6) is 11.8 Å². The fourth-order valence-electron chi connectivity index (χ4n) is 1.79. The van der Waals surface area contributed by atoms with Crippen LogP contribution in [-0.4, -0.2) is 52.7 Å². The van der Waals surface area contributed by atoms with Crippen molar-refractivity contribution in [3.05, 3.63) is 68.2 Å². The van der Waals surface area contributed by atoms with Crippen molar-refractivity contribution in [1.29, 1.82) is 0 Å². The molecule has 12 heteroatoms. The molecule has 4 heterocycles. The van der Waals surface area contributed by atoms with Gasteiger partial charge in [-0.1, -0.05) is 11.8 Å². The van der Waals surface area contributed by atoms with Gasteiger partial charge in [0.15, 0.2) is 13.2 Å². The van der Waals surface area contributed by atoms with Crippen molar-refractivity contribution in [3.63, 3.8) is 0 Å². The summed E-state index contributed by atoms with van der Waals surface area (Å²) in [5, 5.41) is 0. The second-order valence-corrected chi connectivity index (χ2v) is 5.11. The third kappa shape index (κ3) is 9.58. The Morgan fingerprint density at radius 2 is 1.62 bits per heavy atom. The van der Waals surface area contributed by atoms with Gasteiger partial charge in [0.25, 0.3) is 0 Å². The summed E-state index contributed by atoms with van der Waals surface area (Å²) in [5.41, 5.74) is 0. The van der Waals surface area contributed by atoms with Crippen LogP contribution in [0.15, 0.2) is 62.2 Å². The molecule has 0 aromatic carbocycles. The molecule has 4 aromatic rings. The molecule has 0 fully saturated rings.